The van der Waals surface area contributed by atoms with Crippen LogP contribution >= 0.6 is 11.3 Å². The van der Waals surface area contributed by atoms with Gasteiger partial charge in [0.2, 0.25) is 0 Å². The van der Waals surface area contributed by atoms with Crippen LogP contribution in [0.2, 0.25) is 0 Å². The molecule has 284 valence electrons. The minimum absolute atomic E-state index is 0.922. The molecule has 13 aromatic rings. The Morgan fingerprint density at radius 2 is 1.00 bits per heavy atom. The van der Waals surface area contributed by atoms with Crippen LogP contribution in [0.15, 0.2) is 217 Å². The first-order valence-electron chi connectivity index (χ1n) is 20.8. The number of benzene rings is 10. The molecule has 0 amide bonds. The average molecular weight is 794 g/mol. The molecule has 13 rings (SSSR count). The predicted molar refractivity (Wildman–Crippen MR) is 260 cm³/mol. The van der Waals surface area contributed by atoms with Crippen LogP contribution in [0.4, 0.5) is 0 Å². The highest BCUT2D eigenvalue weighted by Gasteiger charge is 2.17. The second-order valence-corrected chi connectivity index (χ2v) is 17.1. The Morgan fingerprint density at radius 3 is 1.89 bits per heavy atom. The van der Waals surface area contributed by atoms with Gasteiger partial charge in [-0.15, -0.1) is 11.3 Å². The van der Waals surface area contributed by atoms with Crippen LogP contribution in [0, 0.1) is 0 Å². The number of para-hydroxylation sites is 2. The Balaban J connectivity index is 0.904. The molecule has 0 aliphatic rings. The maximum atomic E-state index is 6.22. The summed E-state index contributed by atoms with van der Waals surface area (Å²) in [4.78, 5) is 0. The molecule has 0 N–H and O–H groups in total. The topological polar surface area (TPSA) is 18.1 Å². The Morgan fingerprint density at radius 1 is 0.344 bits per heavy atom. The van der Waals surface area contributed by atoms with E-state index in [-0.39, 0.29) is 0 Å². The SMILES string of the molecule is c1ccc(-c2ccccc2-c2cccc(-c3cccc4c3sc3ccc(-c5ccc6c(c5)c5ccccc5n6-c5ccc6c(ccc7oc8ccccc8c76)c5)cc34)c2)cc1. The highest BCUT2D eigenvalue weighted by molar-refractivity contribution is 7.26. The molecule has 0 bridgehead atoms. The zero-order chi connectivity index (χ0) is 40.0. The van der Waals surface area contributed by atoms with Crippen molar-refractivity contribution in [3.63, 3.8) is 0 Å². The van der Waals surface area contributed by atoms with E-state index in [2.05, 4.69) is 205 Å². The first-order valence-corrected chi connectivity index (χ1v) is 21.6. The van der Waals surface area contributed by atoms with Crippen molar-refractivity contribution in [1.29, 1.82) is 0 Å². The number of thiophene rings is 1. The maximum absolute atomic E-state index is 6.22. The number of nitrogens with zero attached hydrogens (tertiary/aromatic N) is 1. The molecule has 0 unspecified atom stereocenters. The van der Waals surface area contributed by atoms with Crippen LogP contribution in [0.25, 0.3) is 125 Å². The van der Waals surface area contributed by atoms with Gasteiger partial charge in [-0.25, -0.2) is 0 Å². The third kappa shape index (κ3) is 5.34. The van der Waals surface area contributed by atoms with Gasteiger partial charge in [-0.1, -0.05) is 152 Å². The summed E-state index contributed by atoms with van der Waals surface area (Å²) in [6.45, 7) is 0. The Labute approximate surface area is 355 Å². The lowest BCUT2D eigenvalue weighted by Gasteiger charge is -2.12. The first kappa shape index (κ1) is 34.2. The first-order chi connectivity index (χ1) is 30.2. The van der Waals surface area contributed by atoms with E-state index in [1.807, 2.05) is 23.5 Å². The van der Waals surface area contributed by atoms with Crippen molar-refractivity contribution in [3.05, 3.63) is 212 Å². The lowest BCUT2D eigenvalue weighted by molar-refractivity contribution is 0.669. The zero-order valence-electron chi connectivity index (χ0n) is 33.0. The number of hydrogen-bond acceptors (Lipinski definition) is 2. The predicted octanol–water partition coefficient (Wildman–Crippen LogP) is 16.9. The van der Waals surface area contributed by atoms with Crippen LogP contribution in [-0.2, 0) is 0 Å². The normalized spacial score (nSPS) is 11.9. The number of fused-ring (bicyclic) bond motifs is 11. The van der Waals surface area contributed by atoms with Gasteiger partial charge >= 0.3 is 0 Å². The summed E-state index contributed by atoms with van der Waals surface area (Å²) in [5.41, 5.74) is 15.3. The Kier molecular flexibility index (Phi) is 7.51. The van der Waals surface area contributed by atoms with Crippen molar-refractivity contribution in [2.75, 3.05) is 0 Å². The molecule has 0 radical (unpaired) electrons. The second-order valence-electron chi connectivity index (χ2n) is 16.0. The van der Waals surface area contributed by atoms with E-state index in [1.165, 1.54) is 103 Å². The average Bonchev–Trinajstić information content (AvgIpc) is 4.01. The third-order valence-corrected chi connectivity index (χ3v) is 13.8. The molecule has 0 atom stereocenters. The van der Waals surface area contributed by atoms with Crippen molar-refractivity contribution in [2.45, 2.75) is 0 Å². The van der Waals surface area contributed by atoms with E-state index < -0.39 is 0 Å². The summed E-state index contributed by atoms with van der Waals surface area (Å²) < 4.78 is 11.2. The monoisotopic (exact) mass is 793 g/mol. The van der Waals surface area contributed by atoms with Crippen LogP contribution in [0.1, 0.15) is 0 Å². The van der Waals surface area contributed by atoms with E-state index in [9.17, 15) is 0 Å². The number of rotatable bonds is 5. The van der Waals surface area contributed by atoms with Crippen molar-refractivity contribution in [3.8, 4) is 50.2 Å². The van der Waals surface area contributed by atoms with Crippen LogP contribution in [0.5, 0.6) is 0 Å². The summed E-state index contributed by atoms with van der Waals surface area (Å²) in [7, 11) is 0. The Hall–Kier alpha value is -7.72. The van der Waals surface area contributed by atoms with Gasteiger partial charge in [0.15, 0.2) is 0 Å². The lowest BCUT2D eigenvalue weighted by Crippen LogP contribution is -1.94. The quantitative estimate of drug-likeness (QED) is 0.170. The standard InChI is InChI=1S/C58H35NOS/c1-2-12-36(13-3-1)43-16-4-5-17-44(43)39-14-10-15-40(32-39)46-20-11-21-48-51-35-38(26-31-56(51)61-58(46)48)37-24-29-53-50(34-37)47-18-6-8-22-52(47)59(53)42-27-28-45-41(33-42)25-30-55-57(45)49-19-7-9-23-54(49)60-55/h1-35H. The van der Waals surface area contributed by atoms with E-state index in [1.54, 1.807) is 0 Å². The summed E-state index contributed by atoms with van der Waals surface area (Å²) in [5.74, 6) is 0. The molecule has 0 spiro atoms. The number of hydrogen-bond donors (Lipinski definition) is 0. The maximum Gasteiger partial charge on any atom is 0.136 e. The molecule has 0 aliphatic carbocycles. The molecular formula is C58H35NOS. The van der Waals surface area contributed by atoms with E-state index in [0.717, 1.165) is 22.2 Å². The molecule has 61 heavy (non-hydrogen) atoms. The lowest BCUT2D eigenvalue weighted by atomic mass is 9.92. The minimum Gasteiger partial charge on any atom is -0.456 e. The smallest absolute Gasteiger partial charge is 0.136 e. The molecule has 3 heteroatoms. The molecule has 3 aromatic heterocycles. The molecule has 0 saturated heterocycles. The highest BCUT2D eigenvalue weighted by atomic mass is 32.1. The minimum atomic E-state index is 0.922. The van der Waals surface area contributed by atoms with Gasteiger partial charge in [0.1, 0.15) is 11.2 Å². The van der Waals surface area contributed by atoms with Crippen LogP contribution < -0.4 is 0 Å². The Bertz CT molecular complexity index is 3880. The van der Waals surface area contributed by atoms with Crippen LogP contribution in [0.3, 0.4) is 0 Å². The van der Waals surface area contributed by atoms with Gasteiger partial charge in [0.05, 0.1) is 11.0 Å². The molecule has 0 aliphatic heterocycles. The zero-order valence-corrected chi connectivity index (χ0v) is 33.8. The van der Waals surface area contributed by atoms with Gasteiger partial charge in [-0.3, -0.25) is 0 Å². The molecule has 10 aromatic carbocycles. The van der Waals surface area contributed by atoms with Gasteiger partial charge < -0.3 is 8.98 Å². The molecule has 0 fully saturated rings. The fourth-order valence-corrected chi connectivity index (χ4v) is 11.0. The summed E-state index contributed by atoms with van der Waals surface area (Å²) in [6, 6.07) is 77.5. The fourth-order valence-electron chi connectivity index (χ4n) is 9.77. The largest absolute Gasteiger partial charge is 0.456 e. The summed E-state index contributed by atoms with van der Waals surface area (Å²) >= 11 is 1.89. The highest BCUT2D eigenvalue weighted by Crippen LogP contribution is 2.44. The second kappa shape index (κ2) is 13.4. The fraction of sp³-hybridized carbons (Fsp3) is 0. The van der Waals surface area contributed by atoms with Gasteiger partial charge in [0, 0.05) is 47.4 Å². The van der Waals surface area contributed by atoms with Gasteiger partial charge in [-0.05, 0) is 116 Å². The van der Waals surface area contributed by atoms with Crippen molar-refractivity contribution >= 4 is 86.0 Å². The van der Waals surface area contributed by atoms with E-state index in [0.29, 0.717) is 0 Å². The molecular weight excluding hydrogens is 759 g/mol. The van der Waals surface area contributed by atoms with E-state index in [4.69, 9.17) is 4.42 Å². The summed E-state index contributed by atoms with van der Waals surface area (Å²) in [6.07, 6.45) is 0. The van der Waals surface area contributed by atoms with Crippen molar-refractivity contribution < 1.29 is 4.42 Å². The van der Waals surface area contributed by atoms with E-state index >= 15 is 0 Å². The number of aromatic nitrogens is 1. The van der Waals surface area contributed by atoms with Crippen LogP contribution in [-0.4, -0.2) is 4.57 Å². The van der Waals surface area contributed by atoms with Gasteiger partial charge in [0.25, 0.3) is 0 Å². The summed E-state index contributed by atoms with van der Waals surface area (Å²) in [5, 5.41) is 9.81. The van der Waals surface area contributed by atoms with Crippen molar-refractivity contribution in [2.24, 2.45) is 0 Å². The molecule has 3 heterocycles. The molecule has 2 nitrogen and oxygen atoms in total. The third-order valence-electron chi connectivity index (χ3n) is 12.6. The van der Waals surface area contributed by atoms with Gasteiger partial charge in [-0.2, -0.15) is 0 Å². The number of furan rings is 1. The molecule has 0 saturated carbocycles. The van der Waals surface area contributed by atoms with Crippen molar-refractivity contribution in [1.82, 2.24) is 4.57 Å².